The first kappa shape index (κ1) is 17.0. The lowest BCUT2D eigenvalue weighted by Crippen LogP contribution is -2.04. The van der Waals surface area contributed by atoms with Crippen molar-refractivity contribution in [1.29, 1.82) is 0 Å². The standard InChI is InChI=1S/C21H24N4/c1-14(2)18-7-5-6-8-19(18)24-20-13-16(4)22-21(25-20)23-17-11-9-15(3)10-12-17/h5-14H,1-4H3,(H2,22,23,24,25). The Balaban J connectivity index is 1.86. The van der Waals surface area contributed by atoms with Gasteiger partial charge in [-0.25, -0.2) is 4.98 Å². The molecule has 4 nitrogen and oxygen atoms in total. The minimum atomic E-state index is 0.441. The van der Waals surface area contributed by atoms with Crippen molar-refractivity contribution in [2.45, 2.75) is 33.6 Å². The molecule has 2 N–H and O–H groups in total. The van der Waals surface area contributed by atoms with Gasteiger partial charge in [0.05, 0.1) is 0 Å². The maximum absolute atomic E-state index is 4.61. The number of rotatable bonds is 5. The molecule has 25 heavy (non-hydrogen) atoms. The SMILES string of the molecule is Cc1ccc(Nc2nc(C)cc(Nc3ccccc3C(C)C)n2)cc1. The molecule has 0 aliphatic carbocycles. The first-order valence-corrected chi connectivity index (χ1v) is 8.56. The molecule has 3 aromatic rings. The lowest BCUT2D eigenvalue weighted by atomic mass is 10.0. The van der Waals surface area contributed by atoms with Gasteiger partial charge in [-0.3, -0.25) is 0 Å². The fourth-order valence-electron chi connectivity index (χ4n) is 2.71. The quantitative estimate of drug-likeness (QED) is 0.629. The third-order valence-corrected chi connectivity index (χ3v) is 4.01. The van der Waals surface area contributed by atoms with E-state index in [4.69, 9.17) is 0 Å². The predicted molar refractivity (Wildman–Crippen MR) is 105 cm³/mol. The van der Waals surface area contributed by atoms with Crippen LogP contribution in [-0.4, -0.2) is 9.97 Å². The van der Waals surface area contributed by atoms with E-state index in [0.29, 0.717) is 11.9 Å². The normalized spacial score (nSPS) is 10.8. The Morgan fingerprint density at radius 2 is 1.56 bits per heavy atom. The van der Waals surface area contributed by atoms with Crippen molar-refractivity contribution >= 4 is 23.1 Å². The Morgan fingerprint density at radius 3 is 2.28 bits per heavy atom. The van der Waals surface area contributed by atoms with Gasteiger partial charge < -0.3 is 10.6 Å². The van der Waals surface area contributed by atoms with Crippen molar-refractivity contribution < 1.29 is 0 Å². The zero-order valence-corrected chi connectivity index (χ0v) is 15.2. The van der Waals surface area contributed by atoms with Crippen LogP contribution >= 0.6 is 0 Å². The average Bonchev–Trinajstić information content (AvgIpc) is 2.57. The van der Waals surface area contributed by atoms with Gasteiger partial charge in [0.25, 0.3) is 0 Å². The van der Waals surface area contributed by atoms with E-state index in [0.717, 1.165) is 22.9 Å². The Kier molecular flexibility index (Phi) is 4.98. The molecule has 128 valence electrons. The lowest BCUT2D eigenvalue weighted by molar-refractivity contribution is 0.869. The van der Waals surface area contributed by atoms with E-state index < -0.39 is 0 Å². The largest absolute Gasteiger partial charge is 0.340 e. The van der Waals surface area contributed by atoms with E-state index in [1.54, 1.807) is 0 Å². The third-order valence-electron chi connectivity index (χ3n) is 4.01. The molecule has 1 heterocycles. The van der Waals surface area contributed by atoms with Crippen LogP contribution in [0, 0.1) is 13.8 Å². The summed E-state index contributed by atoms with van der Waals surface area (Å²) in [5, 5.41) is 6.71. The Hall–Kier alpha value is -2.88. The predicted octanol–water partition coefficient (Wildman–Crippen LogP) is 5.70. The molecule has 0 saturated carbocycles. The molecule has 0 aliphatic rings. The number of aryl methyl sites for hydroxylation is 2. The second kappa shape index (κ2) is 7.34. The summed E-state index contributed by atoms with van der Waals surface area (Å²) in [4.78, 5) is 9.10. The van der Waals surface area contributed by atoms with Gasteiger partial charge in [-0.15, -0.1) is 0 Å². The van der Waals surface area contributed by atoms with E-state index in [9.17, 15) is 0 Å². The highest BCUT2D eigenvalue weighted by molar-refractivity contribution is 5.63. The molecule has 0 bridgehead atoms. The summed E-state index contributed by atoms with van der Waals surface area (Å²) in [6.07, 6.45) is 0. The van der Waals surface area contributed by atoms with Gasteiger partial charge in [-0.2, -0.15) is 4.98 Å². The highest BCUT2D eigenvalue weighted by Crippen LogP contribution is 2.27. The molecular formula is C21H24N4. The molecule has 0 unspecified atom stereocenters. The molecule has 1 aromatic heterocycles. The molecule has 0 radical (unpaired) electrons. The van der Waals surface area contributed by atoms with Crippen molar-refractivity contribution in [3.63, 3.8) is 0 Å². The zero-order valence-electron chi connectivity index (χ0n) is 15.2. The summed E-state index contributed by atoms with van der Waals surface area (Å²) in [6, 6.07) is 18.5. The number of benzene rings is 2. The van der Waals surface area contributed by atoms with Crippen molar-refractivity contribution in [2.24, 2.45) is 0 Å². The third kappa shape index (κ3) is 4.35. The van der Waals surface area contributed by atoms with E-state index in [2.05, 4.69) is 71.7 Å². The molecule has 0 atom stereocenters. The van der Waals surface area contributed by atoms with E-state index in [1.807, 2.05) is 31.2 Å². The molecular weight excluding hydrogens is 308 g/mol. The van der Waals surface area contributed by atoms with Gasteiger partial charge in [0, 0.05) is 23.1 Å². The van der Waals surface area contributed by atoms with Crippen LogP contribution in [0.4, 0.5) is 23.1 Å². The van der Waals surface area contributed by atoms with E-state index in [-0.39, 0.29) is 0 Å². The summed E-state index contributed by atoms with van der Waals surface area (Å²) in [6.45, 7) is 8.43. The summed E-state index contributed by atoms with van der Waals surface area (Å²) in [7, 11) is 0. The van der Waals surface area contributed by atoms with E-state index >= 15 is 0 Å². The first-order chi connectivity index (χ1) is 12.0. The summed E-state index contributed by atoms with van der Waals surface area (Å²) in [5.74, 6) is 1.82. The highest BCUT2D eigenvalue weighted by atomic mass is 15.1. The molecule has 3 rings (SSSR count). The zero-order chi connectivity index (χ0) is 17.8. The van der Waals surface area contributed by atoms with Gasteiger partial charge in [-0.1, -0.05) is 49.7 Å². The number of nitrogens with zero attached hydrogens (tertiary/aromatic N) is 2. The summed E-state index contributed by atoms with van der Waals surface area (Å²) >= 11 is 0. The summed E-state index contributed by atoms with van der Waals surface area (Å²) in [5.41, 5.74) is 5.46. The lowest BCUT2D eigenvalue weighted by Gasteiger charge is -2.15. The molecule has 4 heteroatoms. The highest BCUT2D eigenvalue weighted by Gasteiger charge is 2.08. The number of hydrogen-bond donors (Lipinski definition) is 2. The molecule has 0 amide bonds. The van der Waals surface area contributed by atoms with Gasteiger partial charge in [0.1, 0.15) is 5.82 Å². The molecule has 0 aliphatic heterocycles. The van der Waals surface area contributed by atoms with Crippen LogP contribution in [0.15, 0.2) is 54.6 Å². The summed E-state index contributed by atoms with van der Waals surface area (Å²) < 4.78 is 0. The van der Waals surface area contributed by atoms with Crippen LogP contribution < -0.4 is 10.6 Å². The first-order valence-electron chi connectivity index (χ1n) is 8.56. The number of anilines is 4. The minimum absolute atomic E-state index is 0.441. The van der Waals surface area contributed by atoms with Crippen LogP contribution in [0.1, 0.15) is 36.6 Å². The van der Waals surface area contributed by atoms with Crippen LogP contribution in [-0.2, 0) is 0 Å². The molecule has 0 spiro atoms. The number of para-hydroxylation sites is 1. The number of aromatic nitrogens is 2. The number of nitrogens with one attached hydrogen (secondary N) is 2. The topological polar surface area (TPSA) is 49.8 Å². The Labute approximate surface area is 149 Å². The van der Waals surface area contributed by atoms with Crippen molar-refractivity contribution in [1.82, 2.24) is 9.97 Å². The van der Waals surface area contributed by atoms with Crippen molar-refractivity contribution in [3.05, 3.63) is 71.4 Å². The van der Waals surface area contributed by atoms with Crippen LogP contribution in [0.3, 0.4) is 0 Å². The molecule has 0 saturated heterocycles. The van der Waals surface area contributed by atoms with Gasteiger partial charge in [0.15, 0.2) is 0 Å². The average molecular weight is 332 g/mol. The van der Waals surface area contributed by atoms with Crippen LogP contribution in [0.5, 0.6) is 0 Å². The van der Waals surface area contributed by atoms with Crippen LogP contribution in [0.2, 0.25) is 0 Å². The number of hydrogen-bond acceptors (Lipinski definition) is 4. The molecule has 0 fully saturated rings. The van der Waals surface area contributed by atoms with Gasteiger partial charge >= 0.3 is 0 Å². The Morgan fingerprint density at radius 1 is 0.840 bits per heavy atom. The second-order valence-corrected chi connectivity index (χ2v) is 6.58. The van der Waals surface area contributed by atoms with Crippen LogP contribution in [0.25, 0.3) is 0 Å². The van der Waals surface area contributed by atoms with Crippen molar-refractivity contribution in [2.75, 3.05) is 10.6 Å². The van der Waals surface area contributed by atoms with Crippen molar-refractivity contribution in [3.8, 4) is 0 Å². The fourth-order valence-corrected chi connectivity index (χ4v) is 2.71. The van der Waals surface area contributed by atoms with Gasteiger partial charge in [-0.05, 0) is 43.5 Å². The maximum Gasteiger partial charge on any atom is 0.229 e. The minimum Gasteiger partial charge on any atom is -0.340 e. The van der Waals surface area contributed by atoms with Gasteiger partial charge in [0.2, 0.25) is 5.95 Å². The monoisotopic (exact) mass is 332 g/mol. The second-order valence-electron chi connectivity index (χ2n) is 6.58. The Bertz CT molecular complexity index is 854. The molecule has 2 aromatic carbocycles. The maximum atomic E-state index is 4.61. The van der Waals surface area contributed by atoms with E-state index in [1.165, 1.54) is 11.1 Å². The smallest absolute Gasteiger partial charge is 0.229 e. The fraction of sp³-hybridized carbons (Fsp3) is 0.238.